The molecule has 2 aromatic rings. The van der Waals surface area contributed by atoms with Gasteiger partial charge in [-0.25, -0.2) is 0 Å². The Hall–Kier alpha value is -2.27. The zero-order chi connectivity index (χ0) is 18.0. The first kappa shape index (κ1) is 17.5. The molecule has 0 spiro atoms. The standard InChI is InChI=1S/C20H26N2O3/c1-20(11-12-21(2)13-20)14-22(3)19(23)18-10-9-17(25-18)15-5-7-16(24-4)8-6-15/h5-10H,11-14H2,1-4H3/t20-/m1/s1. The number of hydrogen-bond acceptors (Lipinski definition) is 4. The van der Waals surface area contributed by atoms with Gasteiger partial charge >= 0.3 is 0 Å². The molecule has 1 aliphatic rings. The first-order valence-electron chi connectivity index (χ1n) is 8.58. The van der Waals surface area contributed by atoms with Gasteiger partial charge < -0.3 is 19.0 Å². The van der Waals surface area contributed by atoms with Gasteiger partial charge in [0.2, 0.25) is 0 Å². The van der Waals surface area contributed by atoms with Crippen molar-refractivity contribution in [2.24, 2.45) is 5.41 Å². The van der Waals surface area contributed by atoms with Gasteiger partial charge in [0.25, 0.3) is 5.91 Å². The average molecular weight is 342 g/mol. The minimum absolute atomic E-state index is 0.0736. The van der Waals surface area contributed by atoms with Crippen LogP contribution in [0.3, 0.4) is 0 Å². The summed E-state index contributed by atoms with van der Waals surface area (Å²) < 4.78 is 11.0. The lowest BCUT2D eigenvalue weighted by atomic mass is 9.89. The number of carbonyl (C=O) groups excluding carboxylic acids is 1. The molecule has 1 atom stereocenters. The smallest absolute Gasteiger partial charge is 0.289 e. The van der Waals surface area contributed by atoms with Crippen LogP contribution < -0.4 is 4.74 Å². The van der Waals surface area contributed by atoms with Crippen molar-refractivity contribution < 1.29 is 13.9 Å². The van der Waals surface area contributed by atoms with Crippen LogP contribution >= 0.6 is 0 Å². The van der Waals surface area contributed by atoms with E-state index in [-0.39, 0.29) is 11.3 Å². The van der Waals surface area contributed by atoms with E-state index in [1.54, 1.807) is 18.1 Å². The highest BCUT2D eigenvalue weighted by Gasteiger charge is 2.34. The first-order valence-corrected chi connectivity index (χ1v) is 8.58. The Kier molecular flexibility index (Phi) is 4.86. The molecule has 0 bridgehead atoms. The van der Waals surface area contributed by atoms with Gasteiger partial charge in [-0.1, -0.05) is 6.92 Å². The predicted octanol–water partition coefficient (Wildman–Crippen LogP) is 3.37. The van der Waals surface area contributed by atoms with Crippen molar-refractivity contribution in [3.8, 4) is 17.1 Å². The number of furan rings is 1. The van der Waals surface area contributed by atoms with Gasteiger partial charge in [-0.05, 0) is 61.8 Å². The minimum Gasteiger partial charge on any atom is -0.497 e. The van der Waals surface area contributed by atoms with E-state index >= 15 is 0 Å². The number of rotatable bonds is 5. The van der Waals surface area contributed by atoms with E-state index in [9.17, 15) is 4.79 Å². The van der Waals surface area contributed by atoms with Crippen LogP contribution in [0.25, 0.3) is 11.3 Å². The molecule has 3 rings (SSSR count). The predicted molar refractivity (Wildman–Crippen MR) is 97.9 cm³/mol. The number of amides is 1. The summed E-state index contributed by atoms with van der Waals surface area (Å²) in [7, 11) is 5.61. The summed E-state index contributed by atoms with van der Waals surface area (Å²) >= 11 is 0. The topological polar surface area (TPSA) is 45.9 Å². The lowest BCUT2D eigenvalue weighted by molar-refractivity contribution is 0.0700. The lowest BCUT2D eigenvalue weighted by Crippen LogP contribution is -2.38. The highest BCUT2D eigenvalue weighted by Crippen LogP contribution is 2.30. The molecule has 0 unspecified atom stereocenters. The summed E-state index contributed by atoms with van der Waals surface area (Å²) in [5, 5.41) is 0. The van der Waals surface area contributed by atoms with Crippen molar-refractivity contribution in [3.05, 3.63) is 42.2 Å². The molecule has 0 aliphatic carbocycles. The van der Waals surface area contributed by atoms with Crippen LogP contribution in [0.2, 0.25) is 0 Å². The fraction of sp³-hybridized carbons (Fsp3) is 0.450. The number of ether oxygens (including phenoxy) is 1. The molecule has 0 radical (unpaired) electrons. The SMILES string of the molecule is COc1ccc(-c2ccc(C(=O)N(C)C[C@]3(C)CCN(C)C3)o2)cc1. The molecular weight excluding hydrogens is 316 g/mol. The molecule has 5 heteroatoms. The summed E-state index contributed by atoms with van der Waals surface area (Å²) in [5.74, 6) is 1.78. The van der Waals surface area contributed by atoms with E-state index in [1.165, 1.54) is 0 Å². The molecule has 5 nitrogen and oxygen atoms in total. The third kappa shape index (κ3) is 3.87. The molecule has 1 fully saturated rings. The van der Waals surface area contributed by atoms with Crippen LogP contribution in [0.1, 0.15) is 23.9 Å². The molecule has 2 heterocycles. The van der Waals surface area contributed by atoms with E-state index < -0.39 is 0 Å². The lowest BCUT2D eigenvalue weighted by Gasteiger charge is -2.29. The molecular formula is C20H26N2O3. The zero-order valence-electron chi connectivity index (χ0n) is 15.4. The van der Waals surface area contributed by atoms with E-state index in [1.807, 2.05) is 37.4 Å². The zero-order valence-corrected chi connectivity index (χ0v) is 15.4. The molecule has 134 valence electrons. The fourth-order valence-corrected chi connectivity index (χ4v) is 3.60. The van der Waals surface area contributed by atoms with Gasteiger partial charge in [0, 0.05) is 25.7 Å². The van der Waals surface area contributed by atoms with Crippen molar-refractivity contribution >= 4 is 5.91 Å². The largest absolute Gasteiger partial charge is 0.497 e. The Morgan fingerprint density at radius 2 is 2.00 bits per heavy atom. The molecule has 1 aromatic carbocycles. The highest BCUT2D eigenvalue weighted by atomic mass is 16.5. The summed E-state index contributed by atoms with van der Waals surface area (Å²) in [5.41, 5.74) is 1.07. The van der Waals surface area contributed by atoms with Gasteiger partial charge in [-0.15, -0.1) is 0 Å². The third-order valence-corrected chi connectivity index (χ3v) is 4.91. The van der Waals surface area contributed by atoms with Gasteiger partial charge in [0.1, 0.15) is 11.5 Å². The van der Waals surface area contributed by atoms with Crippen molar-refractivity contribution in [2.45, 2.75) is 13.3 Å². The second-order valence-electron chi connectivity index (χ2n) is 7.35. The summed E-state index contributed by atoms with van der Waals surface area (Å²) in [6.07, 6.45) is 1.11. The molecule has 0 saturated carbocycles. The Morgan fingerprint density at radius 1 is 1.28 bits per heavy atom. The van der Waals surface area contributed by atoms with E-state index in [0.717, 1.165) is 37.4 Å². The third-order valence-electron chi connectivity index (χ3n) is 4.91. The van der Waals surface area contributed by atoms with Crippen LogP contribution in [0, 0.1) is 5.41 Å². The summed E-state index contributed by atoms with van der Waals surface area (Å²) in [4.78, 5) is 16.8. The van der Waals surface area contributed by atoms with E-state index in [0.29, 0.717) is 11.5 Å². The van der Waals surface area contributed by atoms with Crippen molar-refractivity contribution in [1.82, 2.24) is 9.80 Å². The Balaban J connectivity index is 1.69. The fourth-order valence-electron chi connectivity index (χ4n) is 3.60. The summed E-state index contributed by atoms with van der Waals surface area (Å²) in [6, 6.07) is 11.2. The van der Waals surface area contributed by atoms with Crippen LogP contribution in [-0.2, 0) is 0 Å². The van der Waals surface area contributed by atoms with Crippen molar-refractivity contribution in [2.75, 3.05) is 40.8 Å². The van der Waals surface area contributed by atoms with Crippen LogP contribution in [0.15, 0.2) is 40.8 Å². The maximum atomic E-state index is 12.7. The maximum Gasteiger partial charge on any atom is 0.289 e. The highest BCUT2D eigenvalue weighted by molar-refractivity contribution is 5.92. The first-order chi connectivity index (χ1) is 11.9. The van der Waals surface area contributed by atoms with E-state index in [4.69, 9.17) is 9.15 Å². The van der Waals surface area contributed by atoms with Crippen LogP contribution in [0.4, 0.5) is 0 Å². The monoisotopic (exact) mass is 342 g/mol. The quantitative estimate of drug-likeness (QED) is 0.836. The van der Waals surface area contributed by atoms with Gasteiger partial charge in [0.05, 0.1) is 7.11 Å². The Labute approximate surface area is 149 Å². The minimum atomic E-state index is -0.0736. The Bertz CT molecular complexity index is 738. The van der Waals surface area contributed by atoms with Crippen LogP contribution in [0.5, 0.6) is 5.75 Å². The molecule has 1 aliphatic heterocycles. The summed E-state index contributed by atoms with van der Waals surface area (Å²) in [6.45, 7) is 5.07. The molecule has 1 amide bonds. The number of methoxy groups -OCH3 is 1. The molecule has 1 aromatic heterocycles. The number of likely N-dealkylation sites (tertiary alicyclic amines) is 1. The van der Waals surface area contributed by atoms with Gasteiger partial charge in [-0.2, -0.15) is 0 Å². The van der Waals surface area contributed by atoms with E-state index in [2.05, 4.69) is 18.9 Å². The van der Waals surface area contributed by atoms with Crippen LogP contribution in [-0.4, -0.2) is 56.5 Å². The molecule has 0 N–H and O–H groups in total. The van der Waals surface area contributed by atoms with Gasteiger partial charge in [0.15, 0.2) is 5.76 Å². The number of benzene rings is 1. The second kappa shape index (κ2) is 6.92. The molecule has 1 saturated heterocycles. The maximum absolute atomic E-state index is 12.7. The van der Waals surface area contributed by atoms with Crippen molar-refractivity contribution in [1.29, 1.82) is 0 Å². The molecule has 25 heavy (non-hydrogen) atoms. The number of carbonyl (C=O) groups is 1. The number of nitrogens with zero attached hydrogens (tertiary/aromatic N) is 2. The second-order valence-corrected chi connectivity index (χ2v) is 7.35. The Morgan fingerprint density at radius 3 is 2.60 bits per heavy atom. The number of hydrogen-bond donors (Lipinski definition) is 0. The van der Waals surface area contributed by atoms with Gasteiger partial charge in [-0.3, -0.25) is 4.79 Å². The normalized spacial score (nSPS) is 20.6. The average Bonchev–Trinajstić information content (AvgIpc) is 3.21. The van der Waals surface area contributed by atoms with Crippen molar-refractivity contribution in [3.63, 3.8) is 0 Å².